The van der Waals surface area contributed by atoms with Crippen LogP contribution in [0.4, 0.5) is 0 Å². The molecule has 0 aromatic heterocycles. The summed E-state index contributed by atoms with van der Waals surface area (Å²) in [6, 6.07) is 8.45. The second-order valence-electron chi connectivity index (χ2n) is 8.11. The molecule has 2 saturated heterocycles. The molecule has 2 N–H and O–H groups in total. The predicted molar refractivity (Wildman–Crippen MR) is 110 cm³/mol. The van der Waals surface area contributed by atoms with Gasteiger partial charge in [-0.15, -0.1) is 0 Å². The van der Waals surface area contributed by atoms with E-state index in [0.29, 0.717) is 32.7 Å². The SMILES string of the molecule is CC(=O)N1CCN(C(=O)CCC(=O)NCc2ccc(C[NH+]3CCCC3)cc2)CC1. The van der Waals surface area contributed by atoms with Crippen molar-refractivity contribution in [1.29, 1.82) is 0 Å². The van der Waals surface area contributed by atoms with Crippen molar-refractivity contribution in [2.75, 3.05) is 39.3 Å². The monoisotopic (exact) mass is 401 g/mol. The summed E-state index contributed by atoms with van der Waals surface area (Å²) in [5.74, 6) is -0.0785. The van der Waals surface area contributed by atoms with Crippen molar-refractivity contribution >= 4 is 17.7 Å². The lowest BCUT2D eigenvalue weighted by atomic mass is 10.1. The number of carbonyl (C=O) groups is 3. The number of amides is 3. The Morgan fingerprint density at radius 3 is 2.10 bits per heavy atom. The average molecular weight is 402 g/mol. The maximum absolute atomic E-state index is 12.3. The van der Waals surface area contributed by atoms with E-state index in [9.17, 15) is 14.4 Å². The maximum Gasteiger partial charge on any atom is 0.223 e. The summed E-state index contributed by atoms with van der Waals surface area (Å²) in [4.78, 5) is 40.9. The van der Waals surface area contributed by atoms with Crippen molar-refractivity contribution in [2.24, 2.45) is 0 Å². The molecule has 0 bridgehead atoms. The van der Waals surface area contributed by atoms with Crippen LogP contribution in [-0.2, 0) is 27.5 Å². The zero-order valence-electron chi connectivity index (χ0n) is 17.4. The highest BCUT2D eigenvalue weighted by Gasteiger charge is 2.22. The zero-order valence-corrected chi connectivity index (χ0v) is 17.4. The van der Waals surface area contributed by atoms with Crippen LogP contribution in [-0.4, -0.2) is 66.8 Å². The number of piperazine rings is 1. The molecule has 7 heteroatoms. The molecule has 0 aliphatic carbocycles. The van der Waals surface area contributed by atoms with Crippen LogP contribution >= 0.6 is 0 Å². The summed E-state index contributed by atoms with van der Waals surface area (Å²) >= 11 is 0. The second-order valence-corrected chi connectivity index (χ2v) is 8.11. The number of hydrogen-bond donors (Lipinski definition) is 2. The Hall–Kier alpha value is -2.41. The van der Waals surface area contributed by atoms with Crippen molar-refractivity contribution in [3.05, 3.63) is 35.4 Å². The predicted octanol–water partition coefficient (Wildman–Crippen LogP) is -0.0476. The van der Waals surface area contributed by atoms with E-state index in [-0.39, 0.29) is 30.6 Å². The summed E-state index contributed by atoms with van der Waals surface area (Å²) in [7, 11) is 0. The molecule has 2 fully saturated rings. The molecule has 0 saturated carbocycles. The van der Waals surface area contributed by atoms with Crippen LogP contribution in [0.5, 0.6) is 0 Å². The minimum Gasteiger partial charge on any atom is -0.352 e. The normalized spacial score (nSPS) is 17.4. The number of carbonyl (C=O) groups excluding carboxylic acids is 3. The number of hydrogen-bond acceptors (Lipinski definition) is 3. The molecule has 0 spiro atoms. The fourth-order valence-electron chi connectivity index (χ4n) is 4.05. The summed E-state index contributed by atoms with van der Waals surface area (Å²) in [6.45, 7) is 7.88. The molecule has 7 nitrogen and oxygen atoms in total. The molecule has 0 unspecified atom stereocenters. The first kappa shape index (κ1) is 21.3. The Kier molecular flexibility index (Phi) is 7.63. The molecular weight excluding hydrogens is 368 g/mol. The van der Waals surface area contributed by atoms with Gasteiger partial charge in [-0.05, 0) is 5.56 Å². The molecule has 1 aromatic rings. The molecule has 1 aromatic carbocycles. The van der Waals surface area contributed by atoms with Gasteiger partial charge in [-0.3, -0.25) is 14.4 Å². The third-order valence-electron chi connectivity index (χ3n) is 5.92. The van der Waals surface area contributed by atoms with Gasteiger partial charge in [-0.1, -0.05) is 24.3 Å². The molecule has 2 heterocycles. The van der Waals surface area contributed by atoms with Gasteiger partial charge in [0.2, 0.25) is 17.7 Å². The van der Waals surface area contributed by atoms with Gasteiger partial charge in [-0.2, -0.15) is 0 Å². The summed E-state index contributed by atoms with van der Waals surface area (Å²) < 4.78 is 0. The van der Waals surface area contributed by atoms with Crippen molar-refractivity contribution < 1.29 is 19.3 Å². The van der Waals surface area contributed by atoms with E-state index in [2.05, 4.69) is 29.6 Å². The van der Waals surface area contributed by atoms with Gasteiger partial charge in [-0.25, -0.2) is 0 Å². The lowest BCUT2D eigenvalue weighted by Crippen LogP contribution is -3.08. The summed E-state index contributed by atoms with van der Waals surface area (Å²) in [6.07, 6.45) is 3.07. The summed E-state index contributed by atoms with van der Waals surface area (Å²) in [5.41, 5.74) is 2.41. The van der Waals surface area contributed by atoms with Crippen LogP contribution in [0.25, 0.3) is 0 Å². The lowest BCUT2D eigenvalue weighted by molar-refractivity contribution is -0.901. The van der Waals surface area contributed by atoms with Gasteiger partial charge < -0.3 is 20.0 Å². The zero-order chi connectivity index (χ0) is 20.6. The quantitative estimate of drug-likeness (QED) is 0.673. The third kappa shape index (κ3) is 6.56. The molecule has 3 amide bonds. The fraction of sp³-hybridized carbons (Fsp3) is 0.591. The van der Waals surface area contributed by atoms with Crippen molar-refractivity contribution in [3.8, 4) is 0 Å². The average Bonchev–Trinajstić information content (AvgIpc) is 3.24. The van der Waals surface area contributed by atoms with E-state index in [0.717, 1.165) is 12.1 Å². The molecule has 29 heavy (non-hydrogen) atoms. The first-order chi connectivity index (χ1) is 14.0. The van der Waals surface area contributed by atoms with Crippen LogP contribution in [0.1, 0.15) is 43.7 Å². The van der Waals surface area contributed by atoms with Gasteiger partial charge in [0.25, 0.3) is 0 Å². The Balaban J connectivity index is 1.33. The van der Waals surface area contributed by atoms with Gasteiger partial charge >= 0.3 is 0 Å². The van der Waals surface area contributed by atoms with Gasteiger partial charge in [0.15, 0.2) is 0 Å². The van der Waals surface area contributed by atoms with Crippen LogP contribution in [0.3, 0.4) is 0 Å². The topological polar surface area (TPSA) is 74.2 Å². The highest BCUT2D eigenvalue weighted by Crippen LogP contribution is 2.07. The number of nitrogens with one attached hydrogen (secondary N) is 2. The molecular formula is C22H33N4O3+. The first-order valence-corrected chi connectivity index (χ1v) is 10.7. The highest BCUT2D eigenvalue weighted by molar-refractivity contribution is 5.84. The number of benzene rings is 1. The molecule has 0 radical (unpaired) electrons. The lowest BCUT2D eigenvalue weighted by Gasteiger charge is -2.34. The number of nitrogens with zero attached hydrogens (tertiary/aromatic N) is 2. The van der Waals surface area contributed by atoms with Crippen molar-refractivity contribution in [1.82, 2.24) is 15.1 Å². The second kappa shape index (κ2) is 10.4. The fourth-order valence-corrected chi connectivity index (χ4v) is 4.05. The van der Waals surface area contributed by atoms with Crippen molar-refractivity contribution in [2.45, 2.75) is 45.7 Å². The molecule has 2 aliphatic rings. The van der Waals surface area contributed by atoms with E-state index in [1.807, 2.05) is 0 Å². The van der Waals surface area contributed by atoms with Crippen LogP contribution < -0.4 is 10.2 Å². The van der Waals surface area contributed by atoms with Crippen molar-refractivity contribution in [3.63, 3.8) is 0 Å². The number of likely N-dealkylation sites (tertiary alicyclic amines) is 1. The summed E-state index contributed by atoms with van der Waals surface area (Å²) in [5, 5.41) is 2.90. The number of quaternary nitrogens is 1. The van der Waals surface area contributed by atoms with E-state index >= 15 is 0 Å². The Morgan fingerprint density at radius 1 is 0.897 bits per heavy atom. The van der Waals surface area contributed by atoms with E-state index in [4.69, 9.17) is 0 Å². The van der Waals surface area contributed by atoms with E-state index < -0.39 is 0 Å². The minimum absolute atomic E-state index is 0.0166. The third-order valence-corrected chi connectivity index (χ3v) is 5.92. The Bertz CT molecular complexity index is 705. The van der Waals surface area contributed by atoms with E-state index in [1.165, 1.54) is 31.5 Å². The maximum atomic E-state index is 12.3. The number of rotatable bonds is 7. The molecule has 0 atom stereocenters. The highest BCUT2D eigenvalue weighted by atomic mass is 16.2. The minimum atomic E-state index is -0.105. The van der Waals surface area contributed by atoms with Crippen LogP contribution in [0.15, 0.2) is 24.3 Å². The smallest absolute Gasteiger partial charge is 0.223 e. The standard InChI is InChI=1S/C22H32N4O3/c1-18(27)25-12-14-26(15-13-25)22(29)9-8-21(28)23-16-19-4-6-20(7-5-19)17-24-10-2-3-11-24/h4-7H,2-3,8-17H2,1H3,(H,23,28)/p+1. The van der Waals surface area contributed by atoms with Crippen LogP contribution in [0, 0.1) is 0 Å². The Morgan fingerprint density at radius 2 is 1.48 bits per heavy atom. The molecule has 2 aliphatic heterocycles. The Labute approximate surface area is 173 Å². The largest absolute Gasteiger partial charge is 0.352 e. The molecule has 158 valence electrons. The van der Waals surface area contributed by atoms with Gasteiger partial charge in [0.05, 0.1) is 13.1 Å². The van der Waals surface area contributed by atoms with Gasteiger partial charge in [0.1, 0.15) is 6.54 Å². The van der Waals surface area contributed by atoms with Gasteiger partial charge in [0, 0.05) is 70.9 Å². The van der Waals surface area contributed by atoms with Crippen LogP contribution in [0.2, 0.25) is 0 Å². The van der Waals surface area contributed by atoms with E-state index in [1.54, 1.807) is 21.6 Å². The molecule has 3 rings (SSSR count). The first-order valence-electron chi connectivity index (χ1n) is 10.7.